The Kier molecular flexibility index (Phi) is 6.03. The van der Waals surface area contributed by atoms with Gasteiger partial charge in [0.1, 0.15) is 18.5 Å². The van der Waals surface area contributed by atoms with Gasteiger partial charge < -0.3 is 20.3 Å². The number of rotatable bonds is 7. The maximum atomic E-state index is 10.1. The molecule has 2 rings (SSSR count). The van der Waals surface area contributed by atoms with E-state index in [0.29, 0.717) is 6.54 Å². The molecule has 1 aromatic carbocycles. The Morgan fingerprint density at radius 2 is 1.95 bits per heavy atom. The van der Waals surface area contributed by atoms with E-state index in [1.165, 1.54) is 6.42 Å². The monoisotopic (exact) mass is 293 g/mol. The number of benzene rings is 1. The number of aryl methyl sites for hydroxylation is 1. The lowest BCUT2D eigenvalue weighted by Crippen LogP contribution is -2.52. The lowest BCUT2D eigenvalue weighted by molar-refractivity contribution is 0.0710. The lowest BCUT2D eigenvalue weighted by atomic mass is 9.82. The molecular formula is C17H27NO3. The van der Waals surface area contributed by atoms with Gasteiger partial charge in [-0.05, 0) is 31.4 Å². The molecule has 21 heavy (non-hydrogen) atoms. The summed E-state index contributed by atoms with van der Waals surface area (Å²) in [5, 5.41) is 23.1. The number of β-amino-alcohol motifs (C(OH)–C–C–N with tert-alkyl or cyclic N) is 1. The van der Waals surface area contributed by atoms with Crippen LogP contribution >= 0.6 is 0 Å². The topological polar surface area (TPSA) is 61.7 Å². The van der Waals surface area contributed by atoms with Crippen LogP contribution in [0.15, 0.2) is 24.3 Å². The molecule has 0 radical (unpaired) electrons. The number of hydrogen-bond donors (Lipinski definition) is 3. The zero-order chi connectivity index (χ0) is 15.1. The zero-order valence-electron chi connectivity index (χ0n) is 12.8. The van der Waals surface area contributed by atoms with Gasteiger partial charge >= 0.3 is 0 Å². The first-order chi connectivity index (χ1) is 10.2. The quantitative estimate of drug-likeness (QED) is 0.720. The first-order valence-electron chi connectivity index (χ1n) is 7.88. The highest BCUT2D eigenvalue weighted by molar-refractivity contribution is 5.31. The summed E-state index contributed by atoms with van der Waals surface area (Å²) in [6.45, 7) is 2.84. The molecule has 1 aromatic rings. The van der Waals surface area contributed by atoms with Crippen LogP contribution in [-0.2, 0) is 0 Å². The van der Waals surface area contributed by atoms with Crippen molar-refractivity contribution in [2.75, 3.05) is 19.8 Å². The van der Waals surface area contributed by atoms with E-state index in [4.69, 9.17) is 4.74 Å². The maximum Gasteiger partial charge on any atom is 0.122 e. The van der Waals surface area contributed by atoms with E-state index in [9.17, 15) is 10.2 Å². The van der Waals surface area contributed by atoms with Gasteiger partial charge in [0.05, 0.1) is 6.61 Å². The van der Waals surface area contributed by atoms with Gasteiger partial charge in [-0.2, -0.15) is 0 Å². The number of para-hydroxylation sites is 1. The van der Waals surface area contributed by atoms with Crippen molar-refractivity contribution < 1.29 is 14.9 Å². The van der Waals surface area contributed by atoms with E-state index in [0.717, 1.165) is 37.0 Å². The Balaban J connectivity index is 1.76. The number of aliphatic hydroxyl groups is 2. The molecule has 1 fully saturated rings. The zero-order valence-corrected chi connectivity index (χ0v) is 12.8. The van der Waals surface area contributed by atoms with Crippen LogP contribution in [0.2, 0.25) is 0 Å². The van der Waals surface area contributed by atoms with Crippen LogP contribution in [-0.4, -0.2) is 41.6 Å². The Labute approximate surface area is 127 Å². The lowest BCUT2D eigenvalue weighted by Gasteiger charge is -2.37. The largest absolute Gasteiger partial charge is 0.491 e. The van der Waals surface area contributed by atoms with Crippen LogP contribution in [0.4, 0.5) is 0 Å². The van der Waals surface area contributed by atoms with Gasteiger partial charge in [-0.1, -0.05) is 37.5 Å². The first kappa shape index (κ1) is 16.3. The fourth-order valence-electron chi connectivity index (χ4n) is 2.92. The van der Waals surface area contributed by atoms with E-state index in [2.05, 4.69) is 5.32 Å². The molecule has 0 bridgehead atoms. The summed E-state index contributed by atoms with van der Waals surface area (Å²) in [5.74, 6) is 0.811. The number of aliphatic hydroxyl groups excluding tert-OH is 2. The van der Waals surface area contributed by atoms with E-state index >= 15 is 0 Å². The van der Waals surface area contributed by atoms with Crippen LogP contribution in [0.5, 0.6) is 5.75 Å². The number of nitrogens with one attached hydrogen (secondary N) is 1. The van der Waals surface area contributed by atoms with Gasteiger partial charge in [0.25, 0.3) is 0 Å². The molecule has 1 aliphatic rings. The smallest absolute Gasteiger partial charge is 0.122 e. The minimum absolute atomic E-state index is 0.137. The van der Waals surface area contributed by atoms with Gasteiger partial charge in [-0.25, -0.2) is 0 Å². The fourth-order valence-corrected chi connectivity index (χ4v) is 2.92. The average Bonchev–Trinajstić information content (AvgIpc) is 2.53. The van der Waals surface area contributed by atoms with E-state index in [1.54, 1.807) is 0 Å². The highest BCUT2D eigenvalue weighted by Crippen LogP contribution is 2.27. The molecular weight excluding hydrogens is 266 g/mol. The summed E-state index contributed by atoms with van der Waals surface area (Å²) >= 11 is 0. The van der Waals surface area contributed by atoms with Crippen molar-refractivity contribution in [3.8, 4) is 5.75 Å². The summed E-state index contributed by atoms with van der Waals surface area (Å²) in [4.78, 5) is 0. The predicted molar refractivity (Wildman–Crippen MR) is 83.6 cm³/mol. The second kappa shape index (κ2) is 7.78. The van der Waals surface area contributed by atoms with E-state index < -0.39 is 6.10 Å². The highest BCUT2D eigenvalue weighted by atomic mass is 16.5. The third kappa shape index (κ3) is 4.70. The summed E-state index contributed by atoms with van der Waals surface area (Å²) in [6, 6.07) is 7.79. The molecule has 4 heteroatoms. The van der Waals surface area contributed by atoms with Crippen molar-refractivity contribution in [3.63, 3.8) is 0 Å². The standard InChI is InChI=1S/C17H27NO3/c1-14-7-3-4-8-16(14)21-12-15(20)11-18-17(13-19)9-5-2-6-10-17/h3-4,7-8,15,18-20H,2,5-6,9-13H2,1H3. The summed E-state index contributed by atoms with van der Waals surface area (Å²) in [5.41, 5.74) is 0.860. The number of hydrogen-bond acceptors (Lipinski definition) is 4. The van der Waals surface area contributed by atoms with Crippen LogP contribution in [0.1, 0.15) is 37.7 Å². The van der Waals surface area contributed by atoms with Gasteiger partial charge in [0.15, 0.2) is 0 Å². The summed E-state index contributed by atoms with van der Waals surface area (Å²) in [7, 11) is 0. The van der Waals surface area contributed by atoms with Crippen molar-refractivity contribution in [3.05, 3.63) is 29.8 Å². The van der Waals surface area contributed by atoms with Crippen molar-refractivity contribution in [1.82, 2.24) is 5.32 Å². The summed E-state index contributed by atoms with van der Waals surface area (Å²) < 4.78 is 5.65. The molecule has 1 atom stereocenters. The van der Waals surface area contributed by atoms with Gasteiger partial charge in [-0.3, -0.25) is 0 Å². The molecule has 118 valence electrons. The average molecular weight is 293 g/mol. The minimum atomic E-state index is -0.574. The molecule has 1 saturated carbocycles. The van der Waals surface area contributed by atoms with Crippen molar-refractivity contribution in [2.45, 2.75) is 50.7 Å². The molecule has 0 aliphatic heterocycles. The fraction of sp³-hybridized carbons (Fsp3) is 0.647. The highest BCUT2D eigenvalue weighted by Gasteiger charge is 2.31. The van der Waals surface area contributed by atoms with Crippen LogP contribution in [0.25, 0.3) is 0 Å². The SMILES string of the molecule is Cc1ccccc1OCC(O)CNC1(CO)CCCCC1. The molecule has 1 aliphatic carbocycles. The maximum absolute atomic E-state index is 10.1. The van der Waals surface area contributed by atoms with Gasteiger partial charge in [0, 0.05) is 12.1 Å². The van der Waals surface area contributed by atoms with E-state index in [-0.39, 0.29) is 18.8 Å². The van der Waals surface area contributed by atoms with Gasteiger partial charge in [-0.15, -0.1) is 0 Å². The molecule has 4 nitrogen and oxygen atoms in total. The molecule has 1 unspecified atom stereocenters. The van der Waals surface area contributed by atoms with Crippen LogP contribution < -0.4 is 10.1 Å². The Hall–Kier alpha value is -1.10. The van der Waals surface area contributed by atoms with E-state index in [1.807, 2.05) is 31.2 Å². The van der Waals surface area contributed by atoms with Crippen molar-refractivity contribution >= 4 is 0 Å². The Bertz CT molecular complexity index is 430. The molecule has 0 heterocycles. The summed E-state index contributed by atoms with van der Waals surface area (Å²) in [6.07, 6.45) is 4.91. The third-order valence-corrected chi connectivity index (χ3v) is 4.35. The Morgan fingerprint density at radius 1 is 1.24 bits per heavy atom. The van der Waals surface area contributed by atoms with Gasteiger partial charge in [0.2, 0.25) is 0 Å². The predicted octanol–water partition coefficient (Wildman–Crippen LogP) is 2.02. The molecule has 0 saturated heterocycles. The third-order valence-electron chi connectivity index (χ3n) is 4.35. The normalized spacial score (nSPS) is 19.2. The number of ether oxygens (including phenoxy) is 1. The van der Waals surface area contributed by atoms with Crippen molar-refractivity contribution in [2.24, 2.45) is 0 Å². The molecule has 3 N–H and O–H groups in total. The second-order valence-corrected chi connectivity index (χ2v) is 6.11. The minimum Gasteiger partial charge on any atom is -0.491 e. The van der Waals surface area contributed by atoms with Crippen molar-refractivity contribution in [1.29, 1.82) is 0 Å². The van der Waals surface area contributed by atoms with Crippen LogP contribution in [0.3, 0.4) is 0 Å². The second-order valence-electron chi connectivity index (χ2n) is 6.11. The first-order valence-corrected chi connectivity index (χ1v) is 7.88. The van der Waals surface area contributed by atoms with Crippen LogP contribution in [0, 0.1) is 6.92 Å². The molecule has 0 aromatic heterocycles. The molecule has 0 spiro atoms. The molecule has 0 amide bonds. The Morgan fingerprint density at radius 3 is 2.62 bits per heavy atom.